The van der Waals surface area contributed by atoms with Crippen LogP contribution in [-0.4, -0.2) is 51.9 Å². The van der Waals surface area contributed by atoms with Crippen LogP contribution in [-0.2, 0) is 16.6 Å². The molecule has 0 saturated heterocycles. The molecule has 0 aliphatic rings. The SMILES string of the molecule is Cc1cc(-n2cccn2)ccc1-c1nccn1CCN(C)S(C)(=O)=O. The number of imidazole rings is 1. The van der Waals surface area contributed by atoms with Gasteiger partial charge in [0.15, 0.2) is 0 Å². The van der Waals surface area contributed by atoms with Crippen LogP contribution in [0.5, 0.6) is 0 Å². The number of hydrogen-bond donors (Lipinski definition) is 0. The normalized spacial score (nSPS) is 12.0. The van der Waals surface area contributed by atoms with Gasteiger partial charge in [-0.1, -0.05) is 0 Å². The quantitative estimate of drug-likeness (QED) is 0.674. The molecule has 3 rings (SSSR count). The Hall–Kier alpha value is -2.45. The van der Waals surface area contributed by atoms with E-state index in [0.717, 1.165) is 22.6 Å². The Morgan fingerprint density at radius 2 is 2.00 bits per heavy atom. The molecule has 132 valence electrons. The molecule has 0 bridgehead atoms. The minimum absolute atomic E-state index is 0.395. The topological polar surface area (TPSA) is 73.0 Å². The Labute approximate surface area is 147 Å². The van der Waals surface area contributed by atoms with E-state index in [-0.39, 0.29) is 0 Å². The number of likely N-dealkylation sites (N-methyl/N-ethyl adjacent to an activating group) is 1. The van der Waals surface area contributed by atoms with Crippen molar-refractivity contribution in [1.82, 2.24) is 23.6 Å². The monoisotopic (exact) mass is 359 g/mol. The van der Waals surface area contributed by atoms with Crippen molar-refractivity contribution in [3.8, 4) is 17.1 Å². The molecule has 0 unspecified atom stereocenters. The summed E-state index contributed by atoms with van der Waals surface area (Å²) in [5.41, 5.74) is 3.08. The van der Waals surface area contributed by atoms with Crippen molar-refractivity contribution in [3.05, 3.63) is 54.6 Å². The number of sulfonamides is 1. The van der Waals surface area contributed by atoms with E-state index in [1.165, 1.54) is 10.6 Å². The third-order valence-electron chi connectivity index (χ3n) is 4.16. The summed E-state index contributed by atoms with van der Waals surface area (Å²) in [5, 5.41) is 4.24. The second-order valence-corrected chi connectivity index (χ2v) is 8.07. The summed E-state index contributed by atoms with van der Waals surface area (Å²) in [6.07, 6.45) is 8.45. The number of nitrogens with zero attached hydrogens (tertiary/aromatic N) is 5. The Morgan fingerprint density at radius 1 is 1.20 bits per heavy atom. The zero-order valence-electron chi connectivity index (χ0n) is 14.5. The fourth-order valence-corrected chi connectivity index (χ4v) is 3.02. The first kappa shape index (κ1) is 17.4. The molecule has 0 atom stereocenters. The van der Waals surface area contributed by atoms with Crippen molar-refractivity contribution in [3.63, 3.8) is 0 Å². The first-order chi connectivity index (χ1) is 11.9. The van der Waals surface area contributed by atoms with Crippen LogP contribution in [0.1, 0.15) is 5.56 Å². The van der Waals surface area contributed by atoms with E-state index in [2.05, 4.69) is 16.1 Å². The van der Waals surface area contributed by atoms with E-state index >= 15 is 0 Å². The summed E-state index contributed by atoms with van der Waals surface area (Å²) >= 11 is 0. The molecule has 2 aromatic heterocycles. The van der Waals surface area contributed by atoms with Crippen molar-refractivity contribution in [2.45, 2.75) is 13.5 Å². The maximum absolute atomic E-state index is 11.5. The highest BCUT2D eigenvalue weighted by Gasteiger charge is 2.13. The molecule has 0 N–H and O–H groups in total. The van der Waals surface area contributed by atoms with Gasteiger partial charge in [0.25, 0.3) is 0 Å². The number of hydrogen-bond acceptors (Lipinski definition) is 4. The molecule has 3 aromatic rings. The van der Waals surface area contributed by atoms with Gasteiger partial charge in [-0.15, -0.1) is 0 Å². The molecule has 0 aliphatic carbocycles. The molecule has 2 heterocycles. The van der Waals surface area contributed by atoms with Gasteiger partial charge in [0, 0.05) is 50.5 Å². The number of aryl methyl sites for hydroxylation is 1. The molecule has 1 aromatic carbocycles. The van der Waals surface area contributed by atoms with Gasteiger partial charge < -0.3 is 4.57 Å². The van der Waals surface area contributed by atoms with Gasteiger partial charge in [0.2, 0.25) is 10.0 Å². The largest absolute Gasteiger partial charge is 0.330 e. The van der Waals surface area contributed by atoms with Crippen LogP contribution in [0.15, 0.2) is 49.1 Å². The van der Waals surface area contributed by atoms with Crippen LogP contribution >= 0.6 is 0 Å². The van der Waals surface area contributed by atoms with Gasteiger partial charge in [0.1, 0.15) is 5.82 Å². The fourth-order valence-electron chi connectivity index (χ4n) is 2.61. The molecule has 0 fully saturated rings. The van der Waals surface area contributed by atoms with Crippen molar-refractivity contribution in [2.24, 2.45) is 0 Å². The van der Waals surface area contributed by atoms with Gasteiger partial charge in [-0.05, 0) is 36.8 Å². The van der Waals surface area contributed by atoms with Gasteiger partial charge >= 0.3 is 0 Å². The predicted octanol–water partition coefficient (Wildman–Crippen LogP) is 1.94. The highest BCUT2D eigenvalue weighted by atomic mass is 32.2. The van der Waals surface area contributed by atoms with E-state index in [9.17, 15) is 8.42 Å². The van der Waals surface area contributed by atoms with E-state index < -0.39 is 10.0 Å². The Bertz CT molecular complexity index is 961. The summed E-state index contributed by atoms with van der Waals surface area (Å²) in [6.45, 7) is 2.97. The lowest BCUT2D eigenvalue weighted by Crippen LogP contribution is -2.29. The molecule has 8 heteroatoms. The van der Waals surface area contributed by atoms with Crippen molar-refractivity contribution < 1.29 is 8.42 Å². The van der Waals surface area contributed by atoms with Crippen LogP contribution in [0.25, 0.3) is 17.1 Å². The highest BCUT2D eigenvalue weighted by molar-refractivity contribution is 7.88. The van der Waals surface area contributed by atoms with Crippen molar-refractivity contribution >= 4 is 10.0 Å². The smallest absolute Gasteiger partial charge is 0.211 e. The van der Waals surface area contributed by atoms with E-state index in [0.29, 0.717) is 13.1 Å². The van der Waals surface area contributed by atoms with Crippen LogP contribution in [0.3, 0.4) is 0 Å². The summed E-state index contributed by atoms with van der Waals surface area (Å²) in [5.74, 6) is 0.825. The molecule has 0 aliphatic heterocycles. The third-order valence-corrected chi connectivity index (χ3v) is 5.47. The van der Waals surface area contributed by atoms with Crippen molar-refractivity contribution in [1.29, 1.82) is 0 Å². The van der Waals surface area contributed by atoms with Gasteiger partial charge in [-0.3, -0.25) is 0 Å². The molecule has 0 amide bonds. The van der Waals surface area contributed by atoms with E-state index in [1.54, 1.807) is 19.4 Å². The maximum atomic E-state index is 11.5. The van der Waals surface area contributed by atoms with Crippen LogP contribution < -0.4 is 0 Å². The third kappa shape index (κ3) is 3.80. The predicted molar refractivity (Wildman–Crippen MR) is 97.0 cm³/mol. The highest BCUT2D eigenvalue weighted by Crippen LogP contribution is 2.24. The summed E-state index contributed by atoms with van der Waals surface area (Å²) in [4.78, 5) is 4.45. The summed E-state index contributed by atoms with van der Waals surface area (Å²) < 4.78 is 28.2. The van der Waals surface area contributed by atoms with Gasteiger partial charge in [-0.25, -0.2) is 22.4 Å². The first-order valence-corrected chi connectivity index (χ1v) is 9.74. The molecule has 0 radical (unpaired) electrons. The number of aromatic nitrogens is 4. The standard InChI is InChI=1S/C17H21N5O2S/c1-14-13-15(22-9-4-7-19-22)5-6-16(14)17-18-8-10-21(17)12-11-20(2)25(3,23)24/h4-10,13H,11-12H2,1-3H3. The Morgan fingerprint density at radius 3 is 2.64 bits per heavy atom. The average Bonchev–Trinajstić information content (AvgIpc) is 3.23. The number of benzene rings is 1. The molecule has 0 saturated carbocycles. The minimum atomic E-state index is -3.18. The van der Waals surface area contributed by atoms with Crippen LogP contribution in [0.2, 0.25) is 0 Å². The molecule has 7 nitrogen and oxygen atoms in total. The maximum Gasteiger partial charge on any atom is 0.211 e. The van der Waals surface area contributed by atoms with Crippen molar-refractivity contribution in [2.75, 3.05) is 19.8 Å². The van der Waals surface area contributed by atoms with E-state index in [1.807, 2.05) is 46.8 Å². The lowest BCUT2D eigenvalue weighted by Gasteiger charge is -2.16. The van der Waals surface area contributed by atoms with Crippen LogP contribution in [0.4, 0.5) is 0 Å². The lowest BCUT2D eigenvalue weighted by molar-refractivity contribution is 0.451. The summed E-state index contributed by atoms with van der Waals surface area (Å²) in [6, 6.07) is 7.96. The van der Waals surface area contributed by atoms with Crippen LogP contribution in [0, 0.1) is 6.92 Å². The summed E-state index contributed by atoms with van der Waals surface area (Å²) in [7, 11) is -1.60. The van der Waals surface area contributed by atoms with E-state index in [4.69, 9.17) is 0 Å². The fraction of sp³-hybridized carbons (Fsp3) is 0.294. The first-order valence-electron chi connectivity index (χ1n) is 7.90. The average molecular weight is 359 g/mol. The van der Waals surface area contributed by atoms with Gasteiger partial charge in [-0.2, -0.15) is 5.10 Å². The molecule has 0 spiro atoms. The molecule has 25 heavy (non-hydrogen) atoms. The Kier molecular flexibility index (Phi) is 4.73. The number of rotatable bonds is 6. The molecular formula is C17H21N5O2S. The second-order valence-electron chi connectivity index (χ2n) is 5.98. The van der Waals surface area contributed by atoms with Gasteiger partial charge in [0.05, 0.1) is 11.9 Å². The second kappa shape index (κ2) is 6.81. The zero-order chi connectivity index (χ0) is 18.0. The Balaban J connectivity index is 1.85. The lowest BCUT2D eigenvalue weighted by atomic mass is 10.1. The zero-order valence-corrected chi connectivity index (χ0v) is 15.3. The molecular weight excluding hydrogens is 338 g/mol. The minimum Gasteiger partial charge on any atom is -0.330 e.